The number of carbonyl (C=O) groups is 2. The van der Waals surface area contributed by atoms with Gasteiger partial charge >= 0.3 is 11.7 Å². The number of hydrogen-bond donors (Lipinski definition) is 3. The van der Waals surface area contributed by atoms with Crippen molar-refractivity contribution in [1.29, 1.82) is 0 Å². The van der Waals surface area contributed by atoms with Gasteiger partial charge < -0.3 is 10.4 Å². The molecular weight excluding hydrogens is 396 g/mol. The van der Waals surface area contributed by atoms with E-state index in [4.69, 9.17) is 0 Å². The summed E-state index contributed by atoms with van der Waals surface area (Å²) in [5.74, 6) is -2.21. The van der Waals surface area contributed by atoms with Crippen LogP contribution in [0.25, 0.3) is 17.2 Å². The Kier molecular flexibility index (Phi) is 3.87. The SMILES string of the molecule is O=C(N[C@H]1CCc2cc(-c3noc(=O)[nH]3)ccc21)c1cc(C(=O)O)n2nnnc2n1. The molecule has 0 spiro atoms. The van der Waals surface area contributed by atoms with Crippen LogP contribution in [0, 0.1) is 0 Å². The van der Waals surface area contributed by atoms with Crippen molar-refractivity contribution in [3.8, 4) is 11.4 Å². The van der Waals surface area contributed by atoms with Gasteiger partial charge in [-0.2, -0.15) is 4.52 Å². The highest BCUT2D eigenvalue weighted by molar-refractivity contribution is 5.96. The number of benzene rings is 1. The molecule has 1 aliphatic rings. The number of carboxylic acids is 1. The number of nitrogens with one attached hydrogen (secondary N) is 2. The zero-order valence-corrected chi connectivity index (χ0v) is 15.1. The van der Waals surface area contributed by atoms with Gasteiger partial charge in [0, 0.05) is 11.6 Å². The van der Waals surface area contributed by atoms with E-state index in [0.29, 0.717) is 24.2 Å². The number of aromatic nitrogens is 7. The Bertz CT molecular complexity index is 1370. The van der Waals surface area contributed by atoms with Crippen LogP contribution >= 0.6 is 0 Å². The molecule has 1 aliphatic carbocycles. The van der Waals surface area contributed by atoms with Crippen LogP contribution in [0.2, 0.25) is 0 Å². The summed E-state index contributed by atoms with van der Waals surface area (Å²) in [7, 11) is 0. The lowest BCUT2D eigenvalue weighted by Crippen LogP contribution is -2.28. The number of aromatic amines is 1. The summed E-state index contributed by atoms with van der Waals surface area (Å²) in [5, 5.41) is 26.4. The average molecular weight is 408 g/mol. The normalized spacial score (nSPS) is 15.3. The van der Waals surface area contributed by atoms with E-state index in [0.717, 1.165) is 21.7 Å². The van der Waals surface area contributed by atoms with Crippen LogP contribution < -0.4 is 11.1 Å². The predicted octanol–water partition coefficient (Wildman–Crippen LogP) is -0.0219. The van der Waals surface area contributed by atoms with Crippen LogP contribution in [-0.4, -0.2) is 52.1 Å². The topological polar surface area (TPSA) is 181 Å². The fourth-order valence-electron chi connectivity index (χ4n) is 3.51. The fourth-order valence-corrected chi connectivity index (χ4v) is 3.51. The highest BCUT2D eigenvalue weighted by Crippen LogP contribution is 2.33. The van der Waals surface area contributed by atoms with E-state index in [1.54, 1.807) is 6.07 Å². The van der Waals surface area contributed by atoms with Gasteiger partial charge in [0.05, 0.1) is 6.04 Å². The summed E-state index contributed by atoms with van der Waals surface area (Å²) in [6, 6.07) is 6.34. The van der Waals surface area contributed by atoms with E-state index in [-0.39, 0.29) is 23.2 Å². The third-order valence-corrected chi connectivity index (χ3v) is 4.87. The largest absolute Gasteiger partial charge is 0.477 e. The molecule has 5 rings (SSSR count). The van der Waals surface area contributed by atoms with Crippen molar-refractivity contribution < 1.29 is 19.2 Å². The van der Waals surface area contributed by atoms with Crippen LogP contribution in [-0.2, 0) is 6.42 Å². The first kappa shape index (κ1) is 17.7. The third-order valence-electron chi connectivity index (χ3n) is 4.87. The Labute approximate surface area is 165 Å². The zero-order chi connectivity index (χ0) is 20.8. The van der Waals surface area contributed by atoms with Gasteiger partial charge in [-0.05, 0) is 40.5 Å². The molecule has 3 aromatic heterocycles. The minimum atomic E-state index is -1.28. The molecule has 1 amide bonds. The highest BCUT2D eigenvalue weighted by atomic mass is 16.5. The lowest BCUT2D eigenvalue weighted by atomic mass is 10.0. The number of fused-ring (bicyclic) bond motifs is 2. The van der Waals surface area contributed by atoms with Crippen LogP contribution in [0.5, 0.6) is 0 Å². The van der Waals surface area contributed by atoms with Gasteiger partial charge in [0.25, 0.3) is 11.7 Å². The monoisotopic (exact) mass is 408 g/mol. The number of rotatable bonds is 4. The maximum absolute atomic E-state index is 12.7. The van der Waals surface area contributed by atoms with Crippen molar-refractivity contribution in [2.24, 2.45) is 0 Å². The fraction of sp³-hybridized carbons (Fsp3) is 0.176. The Hall–Kier alpha value is -4.42. The number of aryl methyl sites for hydroxylation is 1. The molecule has 0 saturated heterocycles. The first-order chi connectivity index (χ1) is 14.5. The molecule has 13 heteroatoms. The molecule has 1 atom stereocenters. The molecule has 13 nitrogen and oxygen atoms in total. The second kappa shape index (κ2) is 6.58. The van der Waals surface area contributed by atoms with Gasteiger partial charge in [0.1, 0.15) is 5.69 Å². The van der Waals surface area contributed by atoms with Gasteiger partial charge in [0.15, 0.2) is 11.5 Å². The van der Waals surface area contributed by atoms with Crippen LogP contribution in [0.1, 0.15) is 44.6 Å². The van der Waals surface area contributed by atoms with Crippen molar-refractivity contribution in [2.75, 3.05) is 0 Å². The second-order valence-electron chi connectivity index (χ2n) is 6.64. The van der Waals surface area contributed by atoms with Gasteiger partial charge in [-0.3, -0.25) is 14.3 Å². The molecule has 0 unspecified atom stereocenters. The number of H-pyrrole nitrogens is 1. The van der Waals surface area contributed by atoms with Crippen LogP contribution in [0.4, 0.5) is 0 Å². The molecule has 150 valence electrons. The molecule has 0 saturated carbocycles. The van der Waals surface area contributed by atoms with E-state index in [1.807, 2.05) is 12.1 Å². The number of tetrazole rings is 1. The molecule has 0 radical (unpaired) electrons. The quantitative estimate of drug-likeness (QED) is 0.415. The van der Waals surface area contributed by atoms with Crippen molar-refractivity contribution in [3.63, 3.8) is 0 Å². The molecule has 0 bridgehead atoms. The van der Waals surface area contributed by atoms with Gasteiger partial charge in [-0.1, -0.05) is 22.4 Å². The summed E-state index contributed by atoms with van der Waals surface area (Å²) in [5.41, 5.74) is 2.25. The Morgan fingerprint density at radius 3 is 2.93 bits per heavy atom. The lowest BCUT2D eigenvalue weighted by molar-refractivity contribution is 0.0687. The molecule has 0 aliphatic heterocycles. The smallest absolute Gasteiger partial charge is 0.439 e. The first-order valence-electron chi connectivity index (χ1n) is 8.82. The molecular formula is C17H12N8O5. The van der Waals surface area contributed by atoms with E-state index < -0.39 is 17.6 Å². The summed E-state index contributed by atoms with van der Waals surface area (Å²) < 4.78 is 5.47. The van der Waals surface area contributed by atoms with E-state index in [2.05, 4.69) is 40.5 Å². The van der Waals surface area contributed by atoms with Crippen LogP contribution in [0.15, 0.2) is 33.6 Å². The first-order valence-corrected chi connectivity index (χ1v) is 8.82. The van der Waals surface area contributed by atoms with Crippen molar-refractivity contribution in [3.05, 3.63) is 57.3 Å². The zero-order valence-electron chi connectivity index (χ0n) is 15.1. The number of aromatic carboxylic acids is 1. The summed E-state index contributed by atoms with van der Waals surface area (Å²) in [6.07, 6.45) is 1.36. The highest BCUT2D eigenvalue weighted by Gasteiger charge is 2.26. The molecule has 0 fully saturated rings. The molecule has 1 aromatic carbocycles. The average Bonchev–Trinajstić information content (AvgIpc) is 3.46. The lowest BCUT2D eigenvalue weighted by Gasteiger charge is -2.14. The van der Waals surface area contributed by atoms with Gasteiger partial charge in [-0.25, -0.2) is 14.6 Å². The minimum Gasteiger partial charge on any atom is -0.477 e. The number of nitrogens with zero attached hydrogens (tertiary/aromatic N) is 6. The summed E-state index contributed by atoms with van der Waals surface area (Å²) in [6.45, 7) is 0. The number of hydrogen-bond acceptors (Lipinski definition) is 9. The molecule has 4 aromatic rings. The van der Waals surface area contributed by atoms with Crippen molar-refractivity contribution in [2.45, 2.75) is 18.9 Å². The Morgan fingerprint density at radius 2 is 2.17 bits per heavy atom. The second-order valence-corrected chi connectivity index (χ2v) is 6.64. The standard InChI is InChI=1S/C17H12N8O5/c26-14(11-6-12(15(27)28)25-16(19-11)21-23-24-25)18-10-4-2-7-5-8(1-3-9(7)10)13-20-17(29)30-22-13/h1,3,5-6,10H,2,4H2,(H,18,26)(H,27,28)(H,20,22,29)/t10-/m0/s1. The van der Waals surface area contributed by atoms with Crippen molar-refractivity contribution in [1.82, 2.24) is 40.5 Å². The maximum atomic E-state index is 12.7. The van der Waals surface area contributed by atoms with E-state index >= 15 is 0 Å². The third kappa shape index (κ3) is 2.88. The maximum Gasteiger partial charge on any atom is 0.439 e. The Morgan fingerprint density at radius 1 is 1.30 bits per heavy atom. The Balaban J connectivity index is 1.41. The van der Waals surface area contributed by atoms with E-state index in [1.165, 1.54) is 0 Å². The number of carboxylic acid groups (broad SMARTS) is 1. The predicted molar refractivity (Wildman–Crippen MR) is 96.6 cm³/mol. The molecule has 3 heterocycles. The molecule has 3 N–H and O–H groups in total. The van der Waals surface area contributed by atoms with Crippen LogP contribution in [0.3, 0.4) is 0 Å². The molecule has 30 heavy (non-hydrogen) atoms. The van der Waals surface area contributed by atoms with E-state index in [9.17, 15) is 19.5 Å². The summed E-state index contributed by atoms with van der Waals surface area (Å²) >= 11 is 0. The number of amides is 1. The summed E-state index contributed by atoms with van der Waals surface area (Å²) in [4.78, 5) is 41.8. The van der Waals surface area contributed by atoms with Crippen molar-refractivity contribution >= 4 is 17.7 Å². The minimum absolute atomic E-state index is 0.0851. The number of carbonyl (C=O) groups excluding carboxylic acids is 1. The van der Waals surface area contributed by atoms with Gasteiger partial charge in [0.2, 0.25) is 0 Å². The van der Waals surface area contributed by atoms with Gasteiger partial charge in [-0.15, -0.1) is 0 Å².